The Morgan fingerprint density at radius 2 is 2.14 bits per heavy atom. The zero-order valence-corrected chi connectivity index (χ0v) is 11.0. The van der Waals surface area contributed by atoms with E-state index in [0.29, 0.717) is 6.61 Å². The van der Waals surface area contributed by atoms with Crippen molar-refractivity contribution in [3.05, 3.63) is 0 Å². The Bertz CT molecular complexity index is 221. The average Bonchev–Trinajstić information content (AvgIpc) is 2.77. The number of hydrogen-bond acceptors (Lipinski definition) is 3. The number of hydrogen-bond donors (Lipinski definition) is 1. The van der Waals surface area contributed by atoms with Gasteiger partial charge >= 0.3 is 0 Å². The van der Waals surface area contributed by atoms with E-state index in [9.17, 15) is 9.32 Å². The van der Waals surface area contributed by atoms with Crippen molar-refractivity contribution in [2.45, 2.75) is 50.1 Å². The molecule has 0 heterocycles. The van der Waals surface area contributed by atoms with E-state index in [1.165, 1.54) is 0 Å². The van der Waals surface area contributed by atoms with Crippen LogP contribution in [-0.4, -0.2) is 26.5 Å². The van der Waals surface area contributed by atoms with E-state index in [1.807, 2.05) is 0 Å². The van der Waals surface area contributed by atoms with Crippen molar-refractivity contribution < 1.29 is 14.1 Å². The van der Waals surface area contributed by atoms with Gasteiger partial charge in [-0.2, -0.15) is 0 Å². The first kappa shape index (κ1) is 12.6. The SMILES string of the molecule is CC(C)(O)OCCCC1(S(=O)Br)CC1. The summed E-state index contributed by atoms with van der Waals surface area (Å²) in [4.78, 5) is 0. The summed E-state index contributed by atoms with van der Waals surface area (Å²) < 4.78 is 16.4. The minimum absolute atomic E-state index is 0.00294. The Labute approximate surface area is 94.9 Å². The van der Waals surface area contributed by atoms with Crippen molar-refractivity contribution in [3.63, 3.8) is 0 Å². The van der Waals surface area contributed by atoms with Gasteiger partial charge in [-0.15, -0.1) is 0 Å². The predicted octanol–water partition coefficient (Wildman–Crippen LogP) is 2.10. The molecule has 84 valence electrons. The molecule has 14 heavy (non-hydrogen) atoms. The maximum atomic E-state index is 11.3. The largest absolute Gasteiger partial charge is 0.366 e. The monoisotopic (exact) mass is 284 g/mol. The highest BCUT2D eigenvalue weighted by molar-refractivity contribution is 9.46. The van der Waals surface area contributed by atoms with Crippen LogP contribution in [0.5, 0.6) is 0 Å². The van der Waals surface area contributed by atoms with E-state index in [2.05, 4.69) is 14.8 Å². The summed E-state index contributed by atoms with van der Waals surface area (Å²) in [6, 6.07) is 0. The Balaban J connectivity index is 2.13. The first-order chi connectivity index (χ1) is 6.36. The zero-order chi connectivity index (χ0) is 10.8. The molecule has 0 aromatic heterocycles. The molecule has 0 spiro atoms. The van der Waals surface area contributed by atoms with Gasteiger partial charge in [-0.05, 0) is 39.5 Å². The highest BCUT2D eigenvalue weighted by atomic mass is 79.9. The van der Waals surface area contributed by atoms with Crippen LogP contribution in [0.15, 0.2) is 0 Å². The Hall–Kier alpha value is 0.550. The lowest BCUT2D eigenvalue weighted by atomic mass is 10.2. The first-order valence-corrected chi connectivity index (χ1v) is 7.79. The molecule has 1 saturated carbocycles. The van der Waals surface area contributed by atoms with Gasteiger partial charge in [0.25, 0.3) is 0 Å². The molecule has 3 nitrogen and oxygen atoms in total. The normalized spacial score (nSPS) is 22.0. The van der Waals surface area contributed by atoms with Crippen molar-refractivity contribution in [1.29, 1.82) is 0 Å². The lowest BCUT2D eigenvalue weighted by Crippen LogP contribution is -2.24. The fourth-order valence-corrected chi connectivity index (χ4v) is 3.53. The third-order valence-electron chi connectivity index (χ3n) is 2.38. The van der Waals surface area contributed by atoms with Gasteiger partial charge in [-0.3, -0.25) is 0 Å². The second kappa shape index (κ2) is 4.60. The van der Waals surface area contributed by atoms with E-state index in [4.69, 9.17) is 4.74 Å². The molecule has 0 aromatic carbocycles. The molecular formula is C9H17BrO3S. The van der Waals surface area contributed by atoms with Crippen LogP contribution in [0, 0.1) is 0 Å². The second-order valence-electron chi connectivity index (χ2n) is 4.31. The van der Waals surface area contributed by atoms with E-state index in [0.717, 1.165) is 25.7 Å². The summed E-state index contributed by atoms with van der Waals surface area (Å²) in [5, 5.41) is 9.28. The van der Waals surface area contributed by atoms with Crippen molar-refractivity contribution in [2.75, 3.05) is 6.61 Å². The Kier molecular flexibility index (Phi) is 4.14. The maximum absolute atomic E-state index is 11.3. The van der Waals surface area contributed by atoms with Crippen molar-refractivity contribution >= 4 is 24.0 Å². The van der Waals surface area contributed by atoms with Crippen molar-refractivity contribution in [2.24, 2.45) is 0 Å². The molecule has 0 saturated heterocycles. The second-order valence-corrected chi connectivity index (χ2v) is 7.38. The lowest BCUT2D eigenvalue weighted by Gasteiger charge is -2.18. The topological polar surface area (TPSA) is 46.5 Å². The van der Waals surface area contributed by atoms with Crippen LogP contribution in [-0.2, 0) is 14.0 Å². The molecule has 0 radical (unpaired) electrons. The molecule has 0 aromatic rings. The van der Waals surface area contributed by atoms with Gasteiger partial charge in [-0.25, -0.2) is 4.21 Å². The van der Waals surface area contributed by atoms with E-state index >= 15 is 0 Å². The summed E-state index contributed by atoms with van der Waals surface area (Å²) in [5.74, 6) is -1.05. The van der Waals surface area contributed by atoms with Crippen LogP contribution in [0.4, 0.5) is 0 Å². The van der Waals surface area contributed by atoms with Crippen LogP contribution < -0.4 is 0 Å². The van der Waals surface area contributed by atoms with Gasteiger partial charge in [0, 0.05) is 14.8 Å². The molecule has 1 N–H and O–H groups in total. The van der Waals surface area contributed by atoms with Gasteiger partial charge in [0.1, 0.15) is 0 Å². The Morgan fingerprint density at radius 1 is 1.57 bits per heavy atom. The maximum Gasteiger partial charge on any atom is 0.159 e. The zero-order valence-electron chi connectivity index (χ0n) is 8.59. The minimum atomic E-state index is -1.05. The molecule has 5 heteroatoms. The molecule has 1 aliphatic rings. The number of halogens is 1. The predicted molar refractivity (Wildman–Crippen MR) is 60.5 cm³/mol. The molecule has 1 atom stereocenters. The van der Waals surface area contributed by atoms with Crippen LogP contribution >= 0.6 is 14.8 Å². The third kappa shape index (κ3) is 3.96. The highest BCUT2D eigenvalue weighted by Crippen LogP contribution is 2.47. The number of rotatable bonds is 6. The van der Waals surface area contributed by atoms with Gasteiger partial charge in [-0.1, -0.05) is 0 Å². The lowest BCUT2D eigenvalue weighted by molar-refractivity contribution is -0.176. The number of aliphatic hydroxyl groups is 1. The quantitative estimate of drug-likeness (QED) is 0.462. The van der Waals surface area contributed by atoms with Crippen molar-refractivity contribution in [1.82, 2.24) is 0 Å². The fraction of sp³-hybridized carbons (Fsp3) is 1.00. The number of ether oxygens (including phenoxy) is 1. The van der Waals surface area contributed by atoms with Gasteiger partial charge in [0.15, 0.2) is 5.79 Å². The summed E-state index contributed by atoms with van der Waals surface area (Å²) in [6.07, 6.45) is 3.82. The molecule has 1 aliphatic carbocycles. The van der Waals surface area contributed by atoms with E-state index in [1.54, 1.807) is 13.8 Å². The van der Waals surface area contributed by atoms with Crippen LogP contribution in [0.3, 0.4) is 0 Å². The summed E-state index contributed by atoms with van der Waals surface area (Å²) >= 11 is 3.13. The standard InChI is InChI=1S/C9H17BrO3S/c1-8(2,11)13-7-3-4-9(5-6-9)14(10)12/h11H,3-7H2,1-2H3. The van der Waals surface area contributed by atoms with E-state index < -0.39 is 15.0 Å². The molecule has 0 bridgehead atoms. The summed E-state index contributed by atoms with van der Waals surface area (Å²) in [6.45, 7) is 3.75. The first-order valence-electron chi connectivity index (χ1n) is 4.80. The third-order valence-corrected chi connectivity index (χ3v) is 5.73. The highest BCUT2D eigenvalue weighted by Gasteiger charge is 2.47. The average molecular weight is 285 g/mol. The fourth-order valence-electron chi connectivity index (χ4n) is 1.35. The molecular weight excluding hydrogens is 268 g/mol. The molecule has 1 unspecified atom stereocenters. The molecule has 0 aliphatic heterocycles. The van der Waals surface area contributed by atoms with Crippen molar-refractivity contribution in [3.8, 4) is 0 Å². The van der Waals surface area contributed by atoms with Crippen LogP contribution in [0.2, 0.25) is 0 Å². The summed E-state index contributed by atoms with van der Waals surface area (Å²) in [7, 11) is -0.895. The van der Waals surface area contributed by atoms with Crippen LogP contribution in [0.25, 0.3) is 0 Å². The molecule has 0 amide bonds. The van der Waals surface area contributed by atoms with Gasteiger partial charge in [0.2, 0.25) is 0 Å². The Morgan fingerprint density at radius 3 is 2.50 bits per heavy atom. The van der Waals surface area contributed by atoms with Gasteiger partial charge in [0.05, 0.1) is 20.6 Å². The van der Waals surface area contributed by atoms with Crippen LogP contribution in [0.1, 0.15) is 39.5 Å². The molecule has 1 fully saturated rings. The minimum Gasteiger partial charge on any atom is -0.366 e. The molecule has 1 rings (SSSR count). The smallest absolute Gasteiger partial charge is 0.159 e. The van der Waals surface area contributed by atoms with E-state index in [-0.39, 0.29) is 4.75 Å². The summed E-state index contributed by atoms with van der Waals surface area (Å²) in [5.41, 5.74) is 0. The van der Waals surface area contributed by atoms with Gasteiger partial charge < -0.3 is 9.84 Å².